The average molecular weight is 304 g/mol. The number of hydrogen-bond acceptors (Lipinski definition) is 5. The fraction of sp³-hybridized carbons (Fsp3) is 0.588. The molecule has 5 nitrogen and oxygen atoms in total. The van der Waals surface area contributed by atoms with Crippen LogP contribution < -0.4 is 9.47 Å². The minimum absolute atomic E-state index is 0.147. The molecule has 0 aromatic heterocycles. The highest BCUT2D eigenvalue weighted by atomic mass is 16.5. The molecule has 1 aliphatic rings. The van der Waals surface area contributed by atoms with Gasteiger partial charge in [-0.25, -0.2) is 0 Å². The van der Waals surface area contributed by atoms with Gasteiger partial charge in [0.1, 0.15) is 0 Å². The van der Waals surface area contributed by atoms with Crippen LogP contribution in [0.2, 0.25) is 0 Å². The second-order valence-corrected chi connectivity index (χ2v) is 5.60. The average Bonchev–Trinajstić information content (AvgIpc) is 2.54. The molecule has 1 aliphatic heterocycles. The Morgan fingerprint density at radius 2 is 2.09 bits per heavy atom. The summed E-state index contributed by atoms with van der Waals surface area (Å²) in [6.07, 6.45) is 2.75. The van der Waals surface area contributed by atoms with Gasteiger partial charge in [-0.1, -0.05) is 6.07 Å². The number of nitrogens with zero attached hydrogens (tertiary/aromatic N) is 2. The Balaban J connectivity index is 1.95. The molecule has 0 amide bonds. The number of piperidine rings is 1. The van der Waals surface area contributed by atoms with E-state index in [0.29, 0.717) is 19.4 Å². The topological polar surface area (TPSA) is 65.7 Å². The molecule has 22 heavy (non-hydrogen) atoms. The number of methoxy groups -OCH3 is 1. The van der Waals surface area contributed by atoms with Crippen LogP contribution in [0, 0.1) is 11.3 Å². The third kappa shape index (κ3) is 4.90. The zero-order chi connectivity index (χ0) is 15.8. The standard InChI is InChI=1S/C17H24N2O3/c1-21-16-5-4-14(12-17(16)22-11-3-2-8-18)13-19-9-6-15(20)7-10-19/h4-5,12,15,20H,2-3,6-7,9-11,13H2,1H3. The molecular formula is C17H24N2O3. The predicted molar refractivity (Wildman–Crippen MR) is 83.9 cm³/mol. The van der Waals surface area contributed by atoms with E-state index < -0.39 is 0 Å². The van der Waals surface area contributed by atoms with Crippen LogP contribution in [0.25, 0.3) is 0 Å². The number of unbranched alkanes of at least 4 members (excludes halogenated alkanes) is 1. The van der Waals surface area contributed by atoms with Crippen molar-refractivity contribution in [2.45, 2.75) is 38.3 Å². The van der Waals surface area contributed by atoms with Gasteiger partial charge in [0.05, 0.1) is 25.9 Å². The van der Waals surface area contributed by atoms with Crippen molar-refractivity contribution in [2.24, 2.45) is 0 Å². The second kappa shape index (κ2) is 8.62. The molecule has 1 fully saturated rings. The van der Waals surface area contributed by atoms with Crippen molar-refractivity contribution in [3.8, 4) is 17.6 Å². The molecule has 1 aromatic carbocycles. The van der Waals surface area contributed by atoms with Crippen LogP contribution in [0.3, 0.4) is 0 Å². The highest BCUT2D eigenvalue weighted by Gasteiger charge is 2.17. The number of aliphatic hydroxyl groups excluding tert-OH is 1. The van der Waals surface area contributed by atoms with Gasteiger partial charge in [0.2, 0.25) is 0 Å². The largest absolute Gasteiger partial charge is 0.493 e. The molecular weight excluding hydrogens is 280 g/mol. The van der Waals surface area contributed by atoms with Crippen molar-refractivity contribution < 1.29 is 14.6 Å². The van der Waals surface area contributed by atoms with Gasteiger partial charge in [0.15, 0.2) is 11.5 Å². The van der Waals surface area contributed by atoms with Crippen LogP contribution in [0.4, 0.5) is 0 Å². The molecule has 0 bridgehead atoms. The van der Waals surface area contributed by atoms with Crippen LogP contribution in [-0.4, -0.2) is 42.9 Å². The summed E-state index contributed by atoms with van der Waals surface area (Å²) < 4.78 is 11.1. The summed E-state index contributed by atoms with van der Waals surface area (Å²) in [5.41, 5.74) is 1.17. The smallest absolute Gasteiger partial charge is 0.161 e. The summed E-state index contributed by atoms with van der Waals surface area (Å²) in [7, 11) is 1.63. The third-order valence-corrected chi connectivity index (χ3v) is 3.88. The zero-order valence-electron chi connectivity index (χ0n) is 13.1. The Morgan fingerprint density at radius 3 is 2.77 bits per heavy atom. The SMILES string of the molecule is COc1ccc(CN2CCC(O)CC2)cc1OCCCC#N. The van der Waals surface area contributed by atoms with Crippen molar-refractivity contribution in [1.29, 1.82) is 5.26 Å². The van der Waals surface area contributed by atoms with Crippen LogP contribution in [0.5, 0.6) is 11.5 Å². The normalized spacial score (nSPS) is 16.2. The lowest BCUT2D eigenvalue weighted by Crippen LogP contribution is -2.35. The highest BCUT2D eigenvalue weighted by molar-refractivity contribution is 5.43. The quantitative estimate of drug-likeness (QED) is 0.783. The number of benzene rings is 1. The molecule has 0 saturated carbocycles. The Hall–Kier alpha value is -1.77. The number of ether oxygens (including phenoxy) is 2. The van der Waals surface area contributed by atoms with E-state index in [1.54, 1.807) is 7.11 Å². The Kier molecular flexibility index (Phi) is 6.50. The summed E-state index contributed by atoms with van der Waals surface area (Å²) in [4.78, 5) is 2.34. The first kappa shape index (κ1) is 16.6. The van der Waals surface area contributed by atoms with Gasteiger partial charge >= 0.3 is 0 Å². The van der Waals surface area contributed by atoms with Gasteiger partial charge < -0.3 is 14.6 Å². The number of nitriles is 1. The maximum Gasteiger partial charge on any atom is 0.161 e. The van der Waals surface area contributed by atoms with Gasteiger partial charge in [0.25, 0.3) is 0 Å². The molecule has 5 heteroatoms. The fourth-order valence-electron chi connectivity index (χ4n) is 2.60. The lowest BCUT2D eigenvalue weighted by atomic mass is 10.1. The fourth-order valence-corrected chi connectivity index (χ4v) is 2.60. The molecule has 0 spiro atoms. The van der Waals surface area contributed by atoms with E-state index in [2.05, 4.69) is 11.0 Å². The van der Waals surface area contributed by atoms with Crippen LogP contribution in [-0.2, 0) is 6.54 Å². The first-order chi connectivity index (χ1) is 10.7. The van der Waals surface area contributed by atoms with Crippen molar-refractivity contribution in [2.75, 3.05) is 26.8 Å². The van der Waals surface area contributed by atoms with Crippen molar-refractivity contribution >= 4 is 0 Å². The Bertz CT molecular complexity index is 505. The van der Waals surface area contributed by atoms with Crippen molar-refractivity contribution in [3.63, 3.8) is 0 Å². The zero-order valence-corrected chi connectivity index (χ0v) is 13.1. The number of likely N-dealkylation sites (tertiary alicyclic amines) is 1. The van der Waals surface area contributed by atoms with Crippen LogP contribution in [0.15, 0.2) is 18.2 Å². The number of rotatable bonds is 7. The van der Waals surface area contributed by atoms with Crippen LogP contribution in [0.1, 0.15) is 31.2 Å². The first-order valence-corrected chi connectivity index (χ1v) is 7.80. The Morgan fingerprint density at radius 1 is 1.32 bits per heavy atom. The van der Waals surface area contributed by atoms with Gasteiger partial charge in [0, 0.05) is 26.1 Å². The molecule has 1 saturated heterocycles. The molecule has 120 valence electrons. The summed E-state index contributed by atoms with van der Waals surface area (Å²) in [5, 5.41) is 18.1. The minimum Gasteiger partial charge on any atom is -0.493 e. The highest BCUT2D eigenvalue weighted by Crippen LogP contribution is 2.29. The van der Waals surface area contributed by atoms with E-state index in [4.69, 9.17) is 14.7 Å². The van der Waals surface area contributed by atoms with Gasteiger partial charge in [-0.15, -0.1) is 0 Å². The molecule has 2 rings (SSSR count). The predicted octanol–water partition coefficient (Wildman–Crippen LogP) is 2.33. The number of aliphatic hydroxyl groups is 1. The Labute approximate surface area is 132 Å². The molecule has 1 aromatic rings. The van der Waals surface area contributed by atoms with E-state index in [1.165, 1.54) is 5.56 Å². The summed E-state index contributed by atoms with van der Waals surface area (Å²) in [6.45, 7) is 3.21. The van der Waals surface area contributed by atoms with Crippen molar-refractivity contribution in [3.05, 3.63) is 23.8 Å². The van der Waals surface area contributed by atoms with Gasteiger partial charge in [-0.05, 0) is 37.0 Å². The molecule has 0 unspecified atom stereocenters. The lowest BCUT2D eigenvalue weighted by Gasteiger charge is -2.29. The summed E-state index contributed by atoms with van der Waals surface area (Å²) in [6, 6.07) is 8.10. The second-order valence-electron chi connectivity index (χ2n) is 5.60. The van der Waals surface area contributed by atoms with Crippen LogP contribution >= 0.6 is 0 Å². The monoisotopic (exact) mass is 304 g/mol. The van der Waals surface area contributed by atoms with E-state index >= 15 is 0 Å². The number of hydrogen-bond donors (Lipinski definition) is 1. The first-order valence-electron chi connectivity index (χ1n) is 7.80. The molecule has 1 N–H and O–H groups in total. The molecule has 0 aliphatic carbocycles. The summed E-state index contributed by atoms with van der Waals surface area (Å²) >= 11 is 0. The van der Waals surface area contributed by atoms with E-state index in [9.17, 15) is 5.11 Å². The van der Waals surface area contributed by atoms with E-state index in [0.717, 1.165) is 44.0 Å². The van der Waals surface area contributed by atoms with Gasteiger partial charge in [-0.2, -0.15) is 5.26 Å². The van der Waals surface area contributed by atoms with E-state index in [-0.39, 0.29) is 6.10 Å². The maximum atomic E-state index is 9.56. The third-order valence-electron chi connectivity index (χ3n) is 3.88. The molecule has 0 atom stereocenters. The summed E-state index contributed by atoms with van der Waals surface area (Å²) in [5.74, 6) is 1.45. The lowest BCUT2D eigenvalue weighted by molar-refractivity contribution is 0.0792. The molecule has 1 heterocycles. The maximum absolute atomic E-state index is 9.56. The van der Waals surface area contributed by atoms with Gasteiger partial charge in [-0.3, -0.25) is 4.90 Å². The minimum atomic E-state index is -0.147. The van der Waals surface area contributed by atoms with E-state index in [1.807, 2.05) is 18.2 Å². The van der Waals surface area contributed by atoms with Crippen molar-refractivity contribution in [1.82, 2.24) is 4.90 Å². The molecule has 0 radical (unpaired) electrons.